The molecule has 0 bridgehead atoms. The van der Waals surface area contributed by atoms with Crippen LogP contribution in [0.4, 0.5) is 0 Å². The van der Waals surface area contributed by atoms with Crippen molar-refractivity contribution in [2.24, 2.45) is 0 Å². The Hall–Kier alpha value is -3.53. The van der Waals surface area contributed by atoms with E-state index >= 15 is 0 Å². The number of carbonyl (C=O) groups is 1. The van der Waals surface area contributed by atoms with E-state index < -0.39 is 5.97 Å². The Bertz CT molecular complexity index is 946. The summed E-state index contributed by atoms with van der Waals surface area (Å²) in [4.78, 5) is 11.5. The molecule has 0 aliphatic carbocycles. The molecule has 0 amide bonds. The minimum absolute atomic E-state index is 0.113. The predicted octanol–water partition coefficient (Wildman–Crippen LogP) is 4.93. The van der Waals surface area contributed by atoms with Crippen LogP contribution in [0.5, 0.6) is 11.5 Å². The molecule has 0 unspecified atom stereocenters. The Morgan fingerprint density at radius 3 is 2.44 bits per heavy atom. The molecule has 0 spiro atoms. The van der Waals surface area contributed by atoms with Crippen molar-refractivity contribution in [2.75, 3.05) is 7.11 Å². The van der Waals surface area contributed by atoms with E-state index in [1.165, 1.54) is 13.2 Å². The lowest BCUT2D eigenvalue weighted by atomic mass is 10.1. The Kier molecular flexibility index (Phi) is 5.90. The van der Waals surface area contributed by atoms with E-state index in [1.807, 2.05) is 66.7 Å². The van der Waals surface area contributed by atoms with Crippen LogP contribution in [0.15, 0.2) is 72.8 Å². The van der Waals surface area contributed by atoms with Crippen molar-refractivity contribution in [1.82, 2.24) is 0 Å². The average Bonchev–Trinajstić information content (AvgIpc) is 2.71. The second-order valence-corrected chi connectivity index (χ2v) is 5.91. The highest BCUT2D eigenvalue weighted by molar-refractivity contribution is 5.92. The molecule has 136 valence electrons. The number of methoxy groups -OCH3 is 1. The molecule has 3 aromatic rings. The first-order chi connectivity index (χ1) is 13.2. The Morgan fingerprint density at radius 1 is 0.963 bits per heavy atom. The number of rotatable bonds is 6. The molecule has 1 N–H and O–H groups in total. The number of hydrogen-bond donors (Lipinski definition) is 1. The molecule has 27 heavy (non-hydrogen) atoms. The topological polar surface area (TPSA) is 55.8 Å². The molecular formula is C23H20O4. The first-order valence-electron chi connectivity index (χ1n) is 8.52. The van der Waals surface area contributed by atoms with Crippen LogP contribution in [-0.4, -0.2) is 18.2 Å². The fourth-order valence-corrected chi connectivity index (χ4v) is 2.61. The van der Waals surface area contributed by atoms with Gasteiger partial charge in [-0.15, -0.1) is 0 Å². The third-order valence-corrected chi connectivity index (χ3v) is 4.04. The molecule has 0 aliphatic heterocycles. The molecular weight excluding hydrogens is 340 g/mol. The summed E-state index contributed by atoms with van der Waals surface area (Å²) >= 11 is 0. The summed E-state index contributed by atoms with van der Waals surface area (Å²) in [6.45, 7) is 0.486. The number of hydrogen-bond acceptors (Lipinski definition) is 4. The van der Waals surface area contributed by atoms with Gasteiger partial charge in [-0.05, 0) is 29.3 Å². The van der Waals surface area contributed by atoms with Gasteiger partial charge in [-0.1, -0.05) is 66.7 Å². The number of esters is 1. The number of benzene rings is 3. The molecule has 3 aromatic carbocycles. The van der Waals surface area contributed by atoms with Crippen LogP contribution in [0.25, 0.3) is 12.2 Å². The van der Waals surface area contributed by atoms with Crippen molar-refractivity contribution in [3.05, 3.63) is 95.1 Å². The van der Waals surface area contributed by atoms with Gasteiger partial charge in [-0.25, -0.2) is 4.79 Å². The zero-order valence-electron chi connectivity index (χ0n) is 15.0. The van der Waals surface area contributed by atoms with Crippen LogP contribution in [0.3, 0.4) is 0 Å². The van der Waals surface area contributed by atoms with Crippen LogP contribution in [-0.2, 0) is 11.3 Å². The monoisotopic (exact) mass is 360 g/mol. The lowest BCUT2D eigenvalue weighted by Crippen LogP contribution is -2.01. The van der Waals surface area contributed by atoms with E-state index in [2.05, 4.69) is 4.74 Å². The summed E-state index contributed by atoms with van der Waals surface area (Å²) in [5, 5.41) is 10.00. The number of aromatic hydroxyl groups is 1. The van der Waals surface area contributed by atoms with E-state index in [9.17, 15) is 9.90 Å². The van der Waals surface area contributed by atoms with Gasteiger partial charge in [0, 0.05) is 5.56 Å². The summed E-state index contributed by atoms with van der Waals surface area (Å²) < 4.78 is 10.6. The van der Waals surface area contributed by atoms with Crippen LogP contribution in [0.1, 0.15) is 27.0 Å². The van der Waals surface area contributed by atoms with Gasteiger partial charge in [0.15, 0.2) is 0 Å². The molecule has 0 heterocycles. The van der Waals surface area contributed by atoms with E-state index in [-0.39, 0.29) is 11.3 Å². The highest BCUT2D eigenvalue weighted by Gasteiger charge is 2.10. The Balaban J connectivity index is 1.75. The fourth-order valence-electron chi connectivity index (χ4n) is 2.61. The molecule has 0 saturated carbocycles. The fraction of sp³-hybridized carbons (Fsp3) is 0.0870. The first-order valence-corrected chi connectivity index (χ1v) is 8.52. The first kappa shape index (κ1) is 18.3. The van der Waals surface area contributed by atoms with Gasteiger partial charge in [0.25, 0.3) is 0 Å². The van der Waals surface area contributed by atoms with Crippen molar-refractivity contribution < 1.29 is 19.4 Å². The van der Waals surface area contributed by atoms with Gasteiger partial charge in [0.2, 0.25) is 0 Å². The predicted molar refractivity (Wildman–Crippen MR) is 106 cm³/mol. The summed E-state index contributed by atoms with van der Waals surface area (Å²) in [5.41, 5.74) is 2.92. The van der Waals surface area contributed by atoms with Gasteiger partial charge in [-0.2, -0.15) is 0 Å². The summed E-state index contributed by atoms with van der Waals surface area (Å²) in [6, 6.07) is 22.5. The minimum atomic E-state index is -0.567. The summed E-state index contributed by atoms with van der Waals surface area (Å²) in [5.74, 6) is 0.0910. The van der Waals surface area contributed by atoms with Crippen molar-refractivity contribution >= 4 is 18.1 Å². The zero-order chi connectivity index (χ0) is 19.1. The number of phenolic OH excluding ortho intramolecular Hbond substituents is 1. The molecule has 0 fully saturated rings. The lowest BCUT2D eigenvalue weighted by Gasteiger charge is -2.09. The van der Waals surface area contributed by atoms with Gasteiger partial charge in [-0.3, -0.25) is 0 Å². The smallest absolute Gasteiger partial charge is 0.341 e. The average molecular weight is 360 g/mol. The Morgan fingerprint density at radius 2 is 1.70 bits per heavy atom. The normalized spacial score (nSPS) is 10.7. The van der Waals surface area contributed by atoms with Gasteiger partial charge >= 0.3 is 5.97 Å². The molecule has 3 rings (SSSR count). The lowest BCUT2D eigenvalue weighted by molar-refractivity contribution is 0.0597. The van der Waals surface area contributed by atoms with Crippen LogP contribution in [0, 0.1) is 0 Å². The van der Waals surface area contributed by atoms with Crippen molar-refractivity contribution in [3.63, 3.8) is 0 Å². The quantitative estimate of drug-likeness (QED) is 0.500. The molecule has 4 nitrogen and oxygen atoms in total. The van der Waals surface area contributed by atoms with Gasteiger partial charge in [0.05, 0.1) is 7.11 Å². The minimum Gasteiger partial charge on any atom is -0.507 e. The SMILES string of the molecule is COC(=O)c1ccc(/C=C\c2ccccc2OCc2ccccc2)cc1O. The van der Waals surface area contributed by atoms with Crippen molar-refractivity contribution in [1.29, 1.82) is 0 Å². The second kappa shape index (κ2) is 8.72. The number of ether oxygens (including phenoxy) is 2. The third-order valence-electron chi connectivity index (χ3n) is 4.04. The van der Waals surface area contributed by atoms with Crippen molar-refractivity contribution in [3.8, 4) is 11.5 Å². The molecule has 0 aromatic heterocycles. The summed E-state index contributed by atoms with van der Waals surface area (Å²) in [7, 11) is 1.28. The van der Waals surface area contributed by atoms with Gasteiger partial charge in [0.1, 0.15) is 23.7 Å². The standard InChI is InChI=1S/C23H20O4/c1-26-23(25)20-14-12-17(15-21(20)24)11-13-19-9-5-6-10-22(19)27-16-18-7-3-2-4-8-18/h2-15,24H,16H2,1H3/b13-11-. The van der Waals surface area contributed by atoms with E-state index in [0.29, 0.717) is 6.61 Å². The van der Waals surface area contributed by atoms with Crippen LogP contribution >= 0.6 is 0 Å². The summed E-state index contributed by atoms with van der Waals surface area (Å²) in [6.07, 6.45) is 3.76. The largest absolute Gasteiger partial charge is 0.507 e. The van der Waals surface area contributed by atoms with Crippen LogP contribution in [0.2, 0.25) is 0 Å². The molecule has 0 radical (unpaired) electrons. The molecule has 0 atom stereocenters. The number of phenols is 1. The van der Waals surface area contributed by atoms with E-state index in [0.717, 1.165) is 22.4 Å². The highest BCUT2D eigenvalue weighted by Crippen LogP contribution is 2.24. The van der Waals surface area contributed by atoms with Gasteiger partial charge < -0.3 is 14.6 Å². The maximum atomic E-state index is 11.5. The van der Waals surface area contributed by atoms with Crippen molar-refractivity contribution in [2.45, 2.75) is 6.61 Å². The number of para-hydroxylation sites is 1. The molecule has 4 heteroatoms. The highest BCUT2D eigenvalue weighted by atomic mass is 16.5. The van der Waals surface area contributed by atoms with E-state index in [4.69, 9.17) is 4.74 Å². The van der Waals surface area contributed by atoms with E-state index in [1.54, 1.807) is 12.1 Å². The maximum absolute atomic E-state index is 11.5. The maximum Gasteiger partial charge on any atom is 0.341 e. The number of carbonyl (C=O) groups excluding carboxylic acids is 1. The Labute approximate surface area is 158 Å². The molecule has 0 saturated heterocycles. The van der Waals surface area contributed by atoms with Crippen LogP contribution < -0.4 is 4.74 Å². The molecule has 0 aliphatic rings. The second-order valence-electron chi connectivity index (χ2n) is 5.91. The third kappa shape index (κ3) is 4.76. The zero-order valence-corrected chi connectivity index (χ0v) is 15.0.